The molecule has 0 aliphatic carbocycles. The monoisotopic (exact) mass is 283 g/mol. The molecule has 1 atom stereocenters. The van der Waals surface area contributed by atoms with Gasteiger partial charge in [0.1, 0.15) is 0 Å². The van der Waals surface area contributed by atoms with Gasteiger partial charge in [-0.1, -0.05) is 12.1 Å². The first-order valence-electron chi connectivity index (χ1n) is 6.09. The molecule has 1 fully saturated rings. The number of carbonyl (C=O) groups is 1. The summed E-state index contributed by atoms with van der Waals surface area (Å²) in [6.07, 6.45) is 1.84. The van der Waals surface area contributed by atoms with Gasteiger partial charge in [0, 0.05) is 6.54 Å². The van der Waals surface area contributed by atoms with Crippen LogP contribution >= 0.6 is 0 Å². The molecule has 4 N–H and O–H groups in total. The van der Waals surface area contributed by atoms with Crippen molar-refractivity contribution in [3.05, 3.63) is 29.8 Å². The van der Waals surface area contributed by atoms with E-state index in [0.29, 0.717) is 12.1 Å². The van der Waals surface area contributed by atoms with Crippen LogP contribution in [0.25, 0.3) is 0 Å². The summed E-state index contributed by atoms with van der Waals surface area (Å²) >= 11 is 0. The molecule has 104 valence electrons. The van der Waals surface area contributed by atoms with Crippen LogP contribution in [0.5, 0.6) is 0 Å². The number of hydrogen-bond acceptors (Lipinski definition) is 4. The van der Waals surface area contributed by atoms with Gasteiger partial charge in [0.05, 0.1) is 10.9 Å². The van der Waals surface area contributed by atoms with E-state index in [2.05, 4.69) is 10.6 Å². The minimum atomic E-state index is -3.70. The summed E-state index contributed by atoms with van der Waals surface area (Å²) in [5, 5.41) is 10.9. The molecule has 1 aromatic carbocycles. The third kappa shape index (κ3) is 3.76. The topological polar surface area (TPSA) is 101 Å². The lowest BCUT2D eigenvalue weighted by molar-refractivity contribution is -0.122. The Bertz CT molecular complexity index is 565. The Hall–Kier alpha value is -1.44. The largest absolute Gasteiger partial charge is 0.351 e. The number of benzene rings is 1. The van der Waals surface area contributed by atoms with E-state index in [4.69, 9.17) is 5.14 Å². The molecule has 0 aromatic heterocycles. The van der Waals surface area contributed by atoms with Gasteiger partial charge >= 0.3 is 0 Å². The van der Waals surface area contributed by atoms with Crippen molar-refractivity contribution in [2.45, 2.75) is 30.3 Å². The third-order valence-corrected chi connectivity index (χ3v) is 3.98. The van der Waals surface area contributed by atoms with Gasteiger partial charge in [0.15, 0.2) is 0 Å². The number of sulfonamides is 1. The molecule has 0 radical (unpaired) electrons. The molecule has 2 rings (SSSR count). The molecule has 0 unspecified atom stereocenters. The lowest BCUT2D eigenvalue weighted by Gasteiger charge is -2.11. The number of primary sulfonamides is 1. The molecule has 7 heteroatoms. The van der Waals surface area contributed by atoms with E-state index < -0.39 is 10.0 Å². The average molecular weight is 283 g/mol. The normalized spacial score (nSPS) is 19.3. The van der Waals surface area contributed by atoms with Gasteiger partial charge in [-0.05, 0) is 37.1 Å². The fourth-order valence-corrected chi connectivity index (χ4v) is 2.64. The lowest BCUT2D eigenvalue weighted by atomic mass is 10.2. The zero-order valence-electron chi connectivity index (χ0n) is 10.4. The minimum Gasteiger partial charge on any atom is -0.351 e. The maximum Gasteiger partial charge on any atom is 0.238 e. The molecule has 1 aliphatic heterocycles. The SMILES string of the molecule is NS(=O)(=O)c1cccc(CNC(=O)[C@H]2CCCN2)c1. The Kier molecular flexibility index (Phi) is 4.18. The summed E-state index contributed by atoms with van der Waals surface area (Å²) in [7, 11) is -3.70. The third-order valence-electron chi connectivity index (χ3n) is 3.07. The van der Waals surface area contributed by atoms with E-state index in [-0.39, 0.29) is 16.8 Å². The first-order valence-corrected chi connectivity index (χ1v) is 7.64. The summed E-state index contributed by atoms with van der Waals surface area (Å²) in [5.41, 5.74) is 0.706. The van der Waals surface area contributed by atoms with E-state index in [0.717, 1.165) is 19.4 Å². The van der Waals surface area contributed by atoms with Crippen molar-refractivity contribution < 1.29 is 13.2 Å². The molecule has 19 heavy (non-hydrogen) atoms. The summed E-state index contributed by atoms with van der Waals surface area (Å²) in [6.45, 7) is 1.15. The van der Waals surface area contributed by atoms with Crippen molar-refractivity contribution in [3.63, 3.8) is 0 Å². The fourth-order valence-electron chi connectivity index (χ4n) is 2.05. The van der Waals surface area contributed by atoms with E-state index in [1.165, 1.54) is 12.1 Å². The molecular weight excluding hydrogens is 266 g/mol. The smallest absolute Gasteiger partial charge is 0.238 e. The molecule has 1 saturated heterocycles. The van der Waals surface area contributed by atoms with Gasteiger partial charge in [0.2, 0.25) is 15.9 Å². The van der Waals surface area contributed by atoms with E-state index in [9.17, 15) is 13.2 Å². The van der Waals surface area contributed by atoms with E-state index in [1.807, 2.05) is 0 Å². The average Bonchev–Trinajstić information content (AvgIpc) is 2.89. The standard InChI is InChI=1S/C12H17N3O3S/c13-19(17,18)10-4-1-3-9(7-10)8-15-12(16)11-5-2-6-14-11/h1,3-4,7,11,14H,2,5-6,8H2,(H,15,16)(H2,13,17,18)/t11-/m1/s1. The Labute approximate surface area is 112 Å². The predicted molar refractivity (Wildman–Crippen MR) is 70.7 cm³/mol. The van der Waals surface area contributed by atoms with E-state index in [1.54, 1.807) is 12.1 Å². The predicted octanol–water partition coefficient (Wildman–Crippen LogP) is -0.298. The maximum absolute atomic E-state index is 11.8. The Morgan fingerprint density at radius 3 is 2.89 bits per heavy atom. The van der Waals surface area contributed by atoms with Crippen LogP contribution in [0.3, 0.4) is 0 Å². The van der Waals surface area contributed by atoms with Crippen LogP contribution in [0.1, 0.15) is 18.4 Å². The van der Waals surface area contributed by atoms with Gasteiger partial charge < -0.3 is 10.6 Å². The second kappa shape index (κ2) is 5.68. The second-order valence-corrected chi connectivity index (χ2v) is 6.12. The molecule has 1 amide bonds. The van der Waals surface area contributed by atoms with Crippen molar-refractivity contribution in [3.8, 4) is 0 Å². The lowest BCUT2D eigenvalue weighted by Crippen LogP contribution is -2.40. The van der Waals surface area contributed by atoms with Crippen molar-refractivity contribution in [2.75, 3.05) is 6.54 Å². The second-order valence-electron chi connectivity index (χ2n) is 4.56. The number of amides is 1. The van der Waals surface area contributed by atoms with Crippen LogP contribution in [0.4, 0.5) is 0 Å². The molecule has 0 spiro atoms. The maximum atomic E-state index is 11.8. The number of rotatable bonds is 4. The van der Waals surface area contributed by atoms with Crippen LogP contribution < -0.4 is 15.8 Å². The molecular formula is C12H17N3O3S. The van der Waals surface area contributed by atoms with Crippen LogP contribution in [0.2, 0.25) is 0 Å². The Morgan fingerprint density at radius 1 is 1.47 bits per heavy atom. The quantitative estimate of drug-likeness (QED) is 0.706. The summed E-state index contributed by atoms with van der Waals surface area (Å²) in [4.78, 5) is 11.8. The van der Waals surface area contributed by atoms with Crippen LogP contribution in [-0.2, 0) is 21.4 Å². The summed E-state index contributed by atoms with van der Waals surface area (Å²) in [5.74, 6) is -0.0569. The molecule has 0 bridgehead atoms. The Balaban J connectivity index is 1.98. The zero-order chi connectivity index (χ0) is 13.9. The first kappa shape index (κ1) is 14.0. The first-order chi connectivity index (χ1) is 8.97. The minimum absolute atomic E-state index is 0.0539. The molecule has 1 aromatic rings. The van der Waals surface area contributed by atoms with Gasteiger partial charge in [-0.25, -0.2) is 13.6 Å². The Morgan fingerprint density at radius 2 is 2.26 bits per heavy atom. The molecule has 0 saturated carbocycles. The summed E-state index contributed by atoms with van der Waals surface area (Å²) in [6, 6.07) is 6.12. The highest BCUT2D eigenvalue weighted by Gasteiger charge is 2.21. The van der Waals surface area contributed by atoms with Gasteiger partial charge in [-0.15, -0.1) is 0 Å². The van der Waals surface area contributed by atoms with Crippen LogP contribution in [0.15, 0.2) is 29.2 Å². The van der Waals surface area contributed by atoms with Gasteiger partial charge in [-0.2, -0.15) is 0 Å². The zero-order valence-corrected chi connectivity index (χ0v) is 11.2. The number of carbonyl (C=O) groups excluding carboxylic acids is 1. The molecule has 1 heterocycles. The van der Waals surface area contributed by atoms with Crippen molar-refractivity contribution in [1.29, 1.82) is 0 Å². The van der Waals surface area contributed by atoms with E-state index >= 15 is 0 Å². The van der Waals surface area contributed by atoms with Gasteiger partial charge in [0.25, 0.3) is 0 Å². The number of nitrogens with one attached hydrogen (secondary N) is 2. The van der Waals surface area contributed by atoms with Crippen LogP contribution in [0, 0.1) is 0 Å². The van der Waals surface area contributed by atoms with Crippen molar-refractivity contribution in [1.82, 2.24) is 10.6 Å². The molecule has 6 nitrogen and oxygen atoms in total. The van der Waals surface area contributed by atoms with Crippen LogP contribution in [-0.4, -0.2) is 26.9 Å². The summed E-state index contributed by atoms with van der Waals surface area (Å²) < 4.78 is 22.4. The van der Waals surface area contributed by atoms with Crippen molar-refractivity contribution >= 4 is 15.9 Å². The fraction of sp³-hybridized carbons (Fsp3) is 0.417. The van der Waals surface area contributed by atoms with Crippen molar-refractivity contribution in [2.24, 2.45) is 5.14 Å². The highest BCUT2D eigenvalue weighted by atomic mass is 32.2. The number of nitrogens with two attached hydrogens (primary N) is 1. The molecule has 1 aliphatic rings. The highest BCUT2D eigenvalue weighted by molar-refractivity contribution is 7.89. The highest BCUT2D eigenvalue weighted by Crippen LogP contribution is 2.10. The number of hydrogen-bond donors (Lipinski definition) is 3. The van der Waals surface area contributed by atoms with Gasteiger partial charge in [-0.3, -0.25) is 4.79 Å².